The third-order valence-electron chi connectivity index (χ3n) is 6.48. The van der Waals surface area contributed by atoms with Crippen LogP contribution in [0.15, 0.2) is 107 Å². The fourth-order valence-electron chi connectivity index (χ4n) is 4.34. The lowest BCUT2D eigenvalue weighted by molar-refractivity contribution is 0.283. The number of fused-ring (bicyclic) bond motifs is 2. The van der Waals surface area contributed by atoms with Crippen LogP contribution in [0, 0.1) is 0 Å². The van der Waals surface area contributed by atoms with Gasteiger partial charge in [0.2, 0.25) is 0 Å². The van der Waals surface area contributed by atoms with Crippen molar-refractivity contribution in [1.29, 1.82) is 0 Å². The molecule has 42 heavy (non-hydrogen) atoms. The molecule has 0 atom stereocenters. The van der Waals surface area contributed by atoms with Gasteiger partial charge in [-0.2, -0.15) is 0 Å². The Kier molecular flexibility index (Phi) is 10.3. The topological polar surface area (TPSA) is 80.1 Å². The quantitative estimate of drug-likeness (QED) is 0.352. The zero-order valence-corrected chi connectivity index (χ0v) is 23.7. The van der Waals surface area contributed by atoms with Crippen LogP contribution in [0.1, 0.15) is 11.1 Å². The Hall–Kier alpha value is -4.53. The Morgan fingerprint density at radius 2 is 1.02 bits per heavy atom. The van der Waals surface area contributed by atoms with E-state index in [0.717, 1.165) is 33.6 Å². The van der Waals surface area contributed by atoms with E-state index in [2.05, 4.69) is 9.98 Å². The van der Waals surface area contributed by atoms with E-state index in [1.165, 1.54) is 0 Å². The molecule has 0 aliphatic carbocycles. The zero-order valence-electron chi connectivity index (χ0n) is 23.7. The summed E-state index contributed by atoms with van der Waals surface area (Å²) in [5, 5.41) is 0. The fraction of sp³-hybridized carbons (Fsp3) is 0.188. The average Bonchev–Trinajstić information content (AvgIpc) is 3.04. The number of rotatable bonds is 4. The van der Waals surface area contributed by atoms with E-state index in [4.69, 9.17) is 28.1 Å². The van der Waals surface area contributed by atoms with Crippen LogP contribution < -0.4 is 29.7 Å². The summed E-state index contributed by atoms with van der Waals surface area (Å²) >= 11 is 0. The smallest absolute Gasteiger partial charge is 0.532 e. The highest BCUT2D eigenvalue weighted by Crippen LogP contribution is 2.20. The van der Waals surface area contributed by atoms with Crippen LogP contribution in [-0.4, -0.2) is 67.2 Å². The third kappa shape index (κ3) is 7.81. The molecule has 212 valence electrons. The number of aliphatic imine (C=N–C) groups is 2. The average molecular weight is 562 g/mol. The van der Waals surface area contributed by atoms with Crippen LogP contribution >= 0.6 is 0 Å². The molecule has 1 aliphatic rings. The van der Waals surface area contributed by atoms with Crippen molar-refractivity contribution in [2.45, 2.75) is 0 Å². The summed E-state index contributed by atoms with van der Waals surface area (Å²) in [7, 11) is 1.92. The second kappa shape index (κ2) is 14.9. The van der Waals surface area contributed by atoms with E-state index in [9.17, 15) is 0 Å². The summed E-state index contributed by atoms with van der Waals surface area (Å²) in [6.45, 7) is 1.48. The predicted molar refractivity (Wildman–Crippen MR) is 168 cm³/mol. The van der Waals surface area contributed by atoms with E-state index >= 15 is 0 Å². The fourth-order valence-corrected chi connectivity index (χ4v) is 4.34. The first-order valence-corrected chi connectivity index (χ1v) is 13.8. The molecule has 0 fully saturated rings. The molecular weight excluding hydrogens is 530 g/mol. The van der Waals surface area contributed by atoms with E-state index < -0.39 is 14.2 Å². The van der Waals surface area contributed by atoms with Crippen LogP contribution in [0.5, 0.6) is 23.0 Å². The lowest BCUT2D eigenvalue weighted by Gasteiger charge is -2.18. The summed E-state index contributed by atoms with van der Waals surface area (Å²) in [5.41, 5.74) is 3.30. The first-order valence-electron chi connectivity index (χ1n) is 13.8. The number of hydrogen-bond acceptors (Lipinski definition) is 8. The molecule has 0 aromatic heterocycles. The minimum atomic E-state index is -0.675. The van der Waals surface area contributed by atoms with E-state index in [1.807, 2.05) is 97.1 Å². The standard InChI is InChI=1S/C32H32B2N2O6/c1-37-29-13-7-11-27(21-29)33-39-19-17-35-24-26-10-4-6-16-32(26)42-34(28-12-8-14-30(22-28)38-2)40-20-18-36-23-25-9-3-5-15-31(25)41-33/h3-16,21-24H,17-20H2,1-2H3. The highest BCUT2D eigenvalue weighted by Gasteiger charge is 2.27. The van der Waals surface area contributed by atoms with Crippen LogP contribution in [0.3, 0.4) is 0 Å². The van der Waals surface area contributed by atoms with E-state index in [1.54, 1.807) is 26.6 Å². The monoisotopic (exact) mass is 562 g/mol. The largest absolute Gasteiger partial charge is 0.562 e. The van der Waals surface area contributed by atoms with Gasteiger partial charge in [-0.15, -0.1) is 0 Å². The van der Waals surface area contributed by atoms with Crippen LogP contribution in [0.4, 0.5) is 0 Å². The van der Waals surface area contributed by atoms with Crippen molar-refractivity contribution in [3.63, 3.8) is 0 Å². The molecule has 0 radical (unpaired) electrons. The summed E-state index contributed by atoms with van der Waals surface area (Å²) in [4.78, 5) is 9.23. The van der Waals surface area contributed by atoms with Gasteiger partial charge in [0.05, 0.1) is 40.5 Å². The molecule has 8 nitrogen and oxygen atoms in total. The molecule has 0 spiro atoms. The first-order chi connectivity index (χ1) is 20.7. The minimum Gasteiger partial charge on any atom is -0.532 e. The molecule has 5 rings (SSSR count). The summed E-state index contributed by atoms with van der Waals surface area (Å²) < 4.78 is 36.1. The summed E-state index contributed by atoms with van der Waals surface area (Å²) in [6.07, 6.45) is 3.57. The van der Waals surface area contributed by atoms with Crippen molar-refractivity contribution in [2.24, 2.45) is 9.98 Å². The van der Waals surface area contributed by atoms with Crippen molar-refractivity contribution in [1.82, 2.24) is 0 Å². The van der Waals surface area contributed by atoms with Crippen molar-refractivity contribution >= 4 is 37.6 Å². The Morgan fingerprint density at radius 3 is 1.48 bits per heavy atom. The molecule has 0 unspecified atom stereocenters. The van der Waals surface area contributed by atoms with Gasteiger partial charge in [-0.3, -0.25) is 9.98 Å². The molecule has 0 N–H and O–H groups in total. The molecule has 0 saturated carbocycles. The van der Waals surface area contributed by atoms with Gasteiger partial charge in [-0.1, -0.05) is 48.5 Å². The first kappa shape index (κ1) is 29.0. The molecule has 1 aliphatic heterocycles. The maximum absolute atomic E-state index is 6.40. The van der Waals surface area contributed by atoms with E-state index in [-0.39, 0.29) is 0 Å². The molecule has 10 heteroatoms. The van der Waals surface area contributed by atoms with Crippen molar-refractivity contribution in [3.8, 4) is 23.0 Å². The highest BCUT2D eigenvalue weighted by atomic mass is 16.6. The van der Waals surface area contributed by atoms with Gasteiger partial charge in [0.25, 0.3) is 0 Å². The number of benzene rings is 4. The van der Waals surface area contributed by atoms with Gasteiger partial charge >= 0.3 is 14.2 Å². The lowest BCUT2D eigenvalue weighted by atomic mass is 9.78. The summed E-state index contributed by atoms with van der Waals surface area (Å²) in [5.74, 6) is 2.73. The molecular formula is C32H32B2N2O6. The van der Waals surface area contributed by atoms with Crippen LogP contribution in [0.2, 0.25) is 0 Å². The number of methoxy groups -OCH3 is 2. The minimum absolute atomic E-state index is 0.327. The molecule has 0 amide bonds. The normalized spacial score (nSPS) is 14.4. The molecule has 4 aromatic rings. The Labute approximate surface area is 247 Å². The zero-order chi connectivity index (χ0) is 29.0. The van der Waals surface area contributed by atoms with Gasteiger partial charge in [0.15, 0.2) is 0 Å². The number of nitrogens with zero attached hydrogens (tertiary/aromatic N) is 2. The third-order valence-corrected chi connectivity index (χ3v) is 6.48. The van der Waals surface area contributed by atoms with Gasteiger partial charge < -0.3 is 28.1 Å². The van der Waals surface area contributed by atoms with Gasteiger partial charge in [0, 0.05) is 34.5 Å². The number of ether oxygens (including phenoxy) is 2. The van der Waals surface area contributed by atoms with Gasteiger partial charge in [-0.25, -0.2) is 0 Å². The lowest BCUT2D eigenvalue weighted by Crippen LogP contribution is -2.41. The molecule has 4 aromatic carbocycles. The second-order valence-electron chi connectivity index (χ2n) is 9.34. The van der Waals surface area contributed by atoms with Gasteiger partial charge in [-0.05, 0) is 48.5 Å². The van der Waals surface area contributed by atoms with Crippen molar-refractivity contribution < 1.29 is 28.1 Å². The SMILES string of the molecule is COc1cccc(B2OCCN=Cc3ccccc3OB(c3cccc(OC)c3)OCCN=Cc3ccccc3O2)c1. The van der Waals surface area contributed by atoms with Crippen LogP contribution in [-0.2, 0) is 9.31 Å². The molecule has 0 bridgehead atoms. The Bertz CT molecular complexity index is 1400. The van der Waals surface area contributed by atoms with Crippen LogP contribution in [0.25, 0.3) is 0 Å². The Balaban J connectivity index is 1.43. The summed E-state index contributed by atoms with van der Waals surface area (Å²) in [6, 6.07) is 30.7. The maximum atomic E-state index is 6.40. The second-order valence-corrected chi connectivity index (χ2v) is 9.34. The van der Waals surface area contributed by atoms with Crippen molar-refractivity contribution in [3.05, 3.63) is 108 Å². The molecule has 1 heterocycles. The maximum Gasteiger partial charge on any atom is 0.562 e. The molecule has 0 saturated heterocycles. The van der Waals surface area contributed by atoms with Gasteiger partial charge in [0.1, 0.15) is 23.0 Å². The predicted octanol–water partition coefficient (Wildman–Crippen LogP) is 3.84. The number of para-hydroxylation sites is 2. The Morgan fingerprint density at radius 1 is 0.571 bits per heavy atom. The highest BCUT2D eigenvalue weighted by molar-refractivity contribution is 6.62. The van der Waals surface area contributed by atoms with E-state index in [0.29, 0.717) is 37.8 Å². The number of hydrogen-bond donors (Lipinski definition) is 0. The van der Waals surface area contributed by atoms with Crippen molar-refractivity contribution in [2.75, 3.05) is 40.5 Å².